The number of pyridine rings is 1. The largest absolute Gasteiger partial charge is 0.354 e. The summed E-state index contributed by atoms with van der Waals surface area (Å²) in [6.07, 6.45) is 1.81. The van der Waals surface area contributed by atoms with Crippen LogP contribution in [-0.4, -0.2) is 17.0 Å². The molecule has 0 amide bonds. The summed E-state index contributed by atoms with van der Waals surface area (Å²) < 4.78 is 0. The van der Waals surface area contributed by atoms with Crippen LogP contribution in [0.4, 0.5) is 5.82 Å². The molecule has 2 rings (SSSR count). The normalized spacial score (nSPS) is 10.4. The zero-order chi connectivity index (χ0) is 11.4. The van der Waals surface area contributed by atoms with E-state index in [1.54, 1.807) is 17.5 Å². The zero-order valence-corrected chi connectivity index (χ0v) is 10.5. The summed E-state index contributed by atoms with van der Waals surface area (Å²) in [6.45, 7) is 0.775. The maximum absolute atomic E-state index is 5.71. The maximum atomic E-state index is 5.71. The Labute approximate surface area is 104 Å². The van der Waals surface area contributed by atoms with Gasteiger partial charge in [-0.25, -0.2) is 9.97 Å². The average Bonchev–Trinajstić information content (AvgIpc) is 2.82. The molecular formula is C11H12ClN3S. The van der Waals surface area contributed by atoms with Crippen molar-refractivity contribution < 1.29 is 0 Å². The molecule has 2 aromatic rings. The van der Waals surface area contributed by atoms with Crippen LogP contribution in [0.1, 0.15) is 11.3 Å². The highest BCUT2D eigenvalue weighted by Crippen LogP contribution is 2.13. The number of hydrogen-bond donors (Lipinski definition) is 0. The van der Waals surface area contributed by atoms with Gasteiger partial charge in [0.05, 0.1) is 17.7 Å². The first-order valence-corrected chi connectivity index (χ1v) is 6.36. The summed E-state index contributed by atoms with van der Waals surface area (Å²) in [5.74, 6) is 1.44. The van der Waals surface area contributed by atoms with Gasteiger partial charge in [-0.15, -0.1) is 22.9 Å². The minimum absolute atomic E-state index is 0.503. The molecule has 0 fully saturated rings. The lowest BCUT2D eigenvalue weighted by Crippen LogP contribution is -2.17. The Morgan fingerprint density at radius 2 is 2.25 bits per heavy atom. The van der Waals surface area contributed by atoms with Gasteiger partial charge in [-0.3, -0.25) is 0 Å². The standard InChI is InChI=1S/C11H12ClN3S/c1-15(6-10-7-16-8-14-10)11-3-2-9(4-12)5-13-11/h2-3,5,7-8H,4,6H2,1H3. The minimum Gasteiger partial charge on any atom is -0.354 e. The zero-order valence-electron chi connectivity index (χ0n) is 8.93. The molecule has 3 nitrogen and oxygen atoms in total. The van der Waals surface area contributed by atoms with Gasteiger partial charge in [-0.1, -0.05) is 6.07 Å². The first-order chi connectivity index (χ1) is 7.79. The highest BCUT2D eigenvalue weighted by molar-refractivity contribution is 7.07. The van der Waals surface area contributed by atoms with Crippen LogP contribution in [-0.2, 0) is 12.4 Å². The molecule has 0 radical (unpaired) electrons. The Balaban J connectivity index is 2.05. The van der Waals surface area contributed by atoms with Crippen molar-refractivity contribution in [2.45, 2.75) is 12.4 Å². The smallest absolute Gasteiger partial charge is 0.128 e. The fraction of sp³-hybridized carbons (Fsp3) is 0.273. The molecule has 2 heterocycles. The van der Waals surface area contributed by atoms with Crippen molar-refractivity contribution in [3.05, 3.63) is 40.5 Å². The molecule has 0 spiro atoms. The van der Waals surface area contributed by atoms with Crippen molar-refractivity contribution >= 4 is 28.8 Å². The van der Waals surface area contributed by atoms with Crippen LogP contribution in [0.15, 0.2) is 29.2 Å². The van der Waals surface area contributed by atoms with E-state index in [1.807, 2.05) is 30.1 Å². The van der Waals surface area contributed by atoms with Gasteiger partial charge < -0.3 is 4.90 Å². The fourth-order valence-electron chi connectivity index (χ4n) is 1.36. The summed E-state index contributed by atoms with van der Waals surface area (Å²) in [5, 5.41) is 2.05. The topological polar surface area (TPSA) is 29.0 Å². The van der Waals surface area contributed by atoms with Crippen LogP contribution >= 0.6 is 22.9 Å². The molecule has 0 unspecified atom stereocenters. The molecule has 0 aliphatic rings. The summed E-state index contributed by atoms with van der Waals surface area (Å²) in [4.78, 5) is 10.7. The number of hydrogen-bond acceptors (Lipinski definition) is 4. The van der Waals surface area contributed by atoms with Gasteiger partial charge in [-0.05, 0) is 11.6 Å². The van der Waals surface area contributed by atoms with Gasteiger partial charge >= 0.3 is 0 Å². The van der Waals surface area contributed by atoms with Gasteiger partial charge in [0, 0.05) is 24.5 Å². The van der Waals surface area contributed by atoms with E-state index in [0.717, 1.165) is 23.6 Å². The van der Waals surface area contributed by atoms with Gasteiger partial charge in [0.25, 0.3) is 0 Å². The summed E-state index contributed by atoms with van der Waals surface area (Å²) in [7, 11) is 2.00. The van der Waals surface area contributed by atoms with Crippen molar-refractivity contribution in [2.24, 2.45) is 0 Å². The summed E-state index contributed by atoms with van der Waals surface area (Å²) in [5.41, 5.74) is 3.94. The highest BCUT2D eigenvalue weighted by Gasteiger charge is 2.04. The van der Waals surface area contributed by atoms with Crippen molar-refractivity contribution in [1.29, 1.82) is 0 Å². The number of aromatic nitrogens is 2. The van der Waals surface area contributed by atoms with Crippen LogP contribution < -0.4 is 4.90 Å². The molecular weight excluding hydrogens is 242 g/mol. The second-order valence-corrected chi connectivity index (χ2v) is 4.48. The third-order valence-electron chi connectivity index (χ3n) is 2.24. The Kier molecular flexibility index (Phi) is 3.74. The average molecular weight is 254 g/mol. The second-order valence-electron chi connectivity index (χ2n) is 3.49. The number of nitrogens with zero attached hydrogens (tertiary/aromatic N) is 3. The molecule has 0 aliphatic heterocycles. The summed E-state index contributed by atoms with van der Waals surface area (Å²) in [6, 6.07) is 3.97. The quantitative estimate of drug-likeness (QED) is 0.785. The molecule has 0 saturated carbocycles. The van der Waals surface area contributed by atoms with E-state index in [2.05, 4.69) is 14.9 Å². The molecule has 0 aromatic carbocycles. The molecule has 84 valence electrons. The Hall–Kier alpha value is -1.13. The molecule has 0 atom stereocenters. The monoisotopic (exact) mass is 253 g/mol. The number of alkyl halides is 1. The van der Waals surface area contributed by atoms with Crippen molar-refractivity contribution in [3.63, 3.8) is 0 Å². The van der Waals surface area contributed by atoms with Gasteiger partial charge in [0.1, 0.15) is 5.82 Å². The van der Waals surface area contributed by atoms with E-state index in [-0.39, 0.29) is 0 Å². The molecule has 5 heteroatoms. The molecule has 2 aromatic heterocycles. The van der Waals surface area contributed by atoms with Crippen LogP contribution in [0.5, 0.6) is 0 Å². The number of rotatable bonds is 4. The third kappa shape index (κ3) is 2.71. The molecule has 0 N–H and O–H groups in total. The van der Waals surface area contributed by atoms with Crippen molar-refractivity contribution in [1.82, 2.24) is 9.97 Å². The minimum atomic E-state index is 0.503. The first-order valence-electron chi connectivity index (χ1n) is 4.88. The van der Waals surface area contributed by atoms with E-state index < -0.39 is 0 Å². The lowest BCUT2D eigenvalue weighted by Gasteiger charge is -2.16. The Morgan fingerprint density at radius 1 is 1.38 bits per heavy atom. The number of thiazole rings is 1. The summed E-state index contributed by atoms with van der Waals surface area (Å²) >= 11 is 7.32. The van der Waals surface area contributed by atoms with E-state index >= 15 is 0 Å². The predicted octanol–water partition coefficient (Wildman–Crippen LogP) is 2.91. The van der Waals surface area contributed by atoms with E-state index in [9.17, 15) is 0 Å². The first kappa shape index (κ1) is 11.4. The SMILES string of the molecule is CN(Cc1cscn1)c1ccc(CCl)cn1. The Morgan fingerprint density at radius 3 is 2.81 bits per heavy atom. The van der Waals surface area contributed by atoms with Crippen LogP contribution in [0.2, 0.25) is 0 Å². The van der Waals surface area contributed by atoms with E-state index in [1.165, 1.54) is 0 Å². The predicted molar refractivity (Wildman–Crippen MR) is 68.0 cm³/mol. The van der Waals surface area contributed by atoms with Gasteiger partial charge in [0.2, 0.25) is 0 Å². The van der Waals surface area contributed by atoms with Gasteiger partial charge in [-0.2, -0.15) is 0 Å². The van der Waals surface area contributed by atoms with Gasteiger partial charge in [0.15, 0.2) is 0 Å². The maximum Gasteiger partial charge on any atom is 0.128 e. The van der Waals surface area contributed by atoms with Crippen LogP contribution in [0.3, 0.4) is 0 Å². The lowest BCUT2D eigenvalue weighted by molar-refractivity contribution is 0.873. The molecule has 0 saturated heterocycles. The van der Waals surface area contributed by atoms with E-state index in [4.69, 9.17) is 11.6 Å². The lowest BCUT2D eigenvalue weighted by atomic mass is 10.3. The second kappa shape index (κ2) is 5.27. The van der Waals surface area contributed by atoms with E-state index in [0.29, 0.717) is 5.88 Å². The third-order valence-corrected chi connectivity index (χ3v) is 3.18. The number of anilines is 1. The fourth-order valence-corrected chi connectivity index (χ4v) is 2.07. The van der Waals surface area contributed by atoms with Crippen molar-refractivity contribution in [2.75, 3.05) is 11.9 Å². The molecule has 0 aliphatic carbocycles. The molecule has 16 heavy (non-hydrogen) atoms. The van der Waals surface area contributed by atoms with Crippen LogP contribution in [0.25, 0.3) is 0 Å². The van der Waals surface area contributed by atoms with Crippen molar-refractivity contribution in [3.8, 4) is 0 Å². The van der Waals surface area contributed by atoms with Crippen LogP contribution in [0, 0.1) is 0 Å². The molecule has 0 bridgehead atoms. The number of halogens is 1. The highest BCUT2D eigenvalue weighted by atomic mass is 35.5. The Bertz CT molecular complexity index is 427.